The standard InChI is InChI=1S/C21H33N5O/c1-5-19(27)25-13-21(14-25)8-17(9-21)26-7-6-24(12-16(26)4)18-10-22-20(15(2)3)23-11-18/h10-11,15-17H,5-9,12-14H2,1-4H3. The molecule has 6 heteroatoms. The SMILES string of the molecule is CCC(=O)N1CC2(CC(N3CCN(c4cnc(C(C)C)nc4)CC3C)C2)C1. The lowest BCUT2D eigenvalue weighted by molar-refractivity contribution is -0.158. The van der Waals surface area contributed by atoms with Gasteiger partial charge < -0.3 is 9.80 Å². The smallest absolute Gasteiger partial charge is 0.222 e. The minimum Gasteiger partial charge on any atom is -0.366 e. The maximum absolute atomic E-state index is 11.8. The third kappa shape index (κ3) is 3.44. The second-order valence-corrected chi connectivity index (χ2v) is 9.15. The Morgan fingerprint density at radius 2 is 1.89 bits per heavy atom. The first kappa shape index (κ1) is 18.7. The minimum atomic E-state index is 0.316. The molecule has 1 amide bonds. The van der Waals surface area contributed by atoms with Gasteiger partial charge >= 0.3 is 0 Å². The van der Waals surface area contributed by atoms with Gasteiger partial charge in [-0.2, -0.15) is 0 Å². The number of carbonyl (C=O) groups is 1. The van der Waals surface area contributed by atoms with Crippen LogP contribution >= 0.6 is 0 Å². The molecule has 1 atom stereocenters. The van der Waals surface area contributed by atoms with Crippen molar-refractivity contribution < 1.29 is 4.79 Å². The number of nitrogens with zero attached hydrogens (tertiary/aromatic N) is 5. The van der Waals surface area contributed by atoms with Crippen LogP contribution in [0.15, 0.2) is 12.4 Å². The first-order valence-electron chi connectivity index (χ1n) is 10.5. The topological polar surface area (TPSA) is 52.6 Å². The number of anilines is 1. The van der Waals surface area contributed by atoms with Crippen LogP contribution in [0, 0.1) is 5.41 Å². The highest BCUT2D eigenvalue weighted by Gasteiger charge is 2.55. The summed E-state index contributed by atoms with van der Waals surface area (Å²) in [5.41, 5.74) is 1.58. The number of aromatic nitrogens is 2. The van der Waals surface area contributed by atoms with Crippen molar-refractivity contribution in [2.45, 2.75) is 65.0 Å². The van der Waals surface area contributed by atoms with Gasteiger partial charge in [0.15, 0.2) is 0 Å². The van der Waals surface area contributed by atoms with Crippen molar-refractivity contribution >= 4 is 11.6 Å². The van der Waals surface area contributed by atoms with Crippen LogP contribution in [0.4, 0.5) is 5.69 Å². The third-order valence-corrected chi connectivity index (χ3v) is 6.73. The molecule has 4 rings (SSSR count). The monoisotopic (exact) mass is 371 g/mol. The van der Waals surface area contributed by atoms with E-state index in [1.807, 2.05) is 24.2 Å². The number of amides is 1. The van der Waals surface area contributed by atoms with E-state index in [0.29, 0.717) is 35.7 Å². The number of likely N-dealkylation sites (tertiary alicyclic amines) is 1. The van der Waals surface area contributed by atoms with Crippen LogP contribution in [-0.4, -0.2) is 70.5 Å². The summed E-state index contributed by atoms with van der Waals surface area (Å²) in [5.74, 6) is 1.61. The zero-order valence-electron chi connectivity index (χ0n) is 17.2. The molecule has 1 unspecified atom stereocenters. The maximum Gasteiger partial charge on any atom is 0.222 e. The van der Waals surface area contributed by atoms with Gasteiger partial charge in [0.25, 0.3) is 0 Å². The van der Waals surface area contributed by atoms with Crippen LogP contribution in [0.3, 0.4) is 0 Å². The van der Waals surface area contributed by atoms with Crippen molar-refractivity contribution in [3.05, 3.63) is 18.2 Å². The molecule has 3 aliphatic rings. The van der Waals surface area contributed by atoms with Gasteiger partial charge in [0, 0.05) is 62.6 Å². The van der Waals surface area contributed by atoms with Crippen molar-refractivity contribution in [1.29, 1.82) is 0 Å². The predicted molar refractivity (Wildman–Crippen MR) is 107 cm³/mol. The first-order chi connectivity index (χ1) is 12.9. The molecule has 27 heavy (non-hydrogen) atoms. The van der Waals surface area contributed by atoms with E-state index in [0.717, 1.165) is 44.2 Å². The zero-order valence-corrected chi connectivity index (χ0v) is 17.2. The van der Waals surface area contributed by atoms with Crippen molar-refractivity contribution in [2.75, 3.05) is 37.6 Å². The van der Waals surface area contributed by atoms with Crippen LogP contribution in [0.1, 0.15) is 58.7 Å². The highest BCUT2D eigenvalue weighted by atomic mass is 16.2. The Morgan fingerprint density at radius 3 is 2.44 bits per heavy atom. The third-order valence-electron chi connectivity index (χ3n) is 6.73. The van der Waals surface area contributed by atoms with Gasteiger partial charge in [-0.3, -0.25) is 9.69 Å². The van der Waals surface area contributed by atoms with Gasteiger partial charge in [0.1, 0.15) is 5.82 Å². The number of piperazine rings is 1. The summed E-state index contributed by atoms with van der Waals surface area (Å²) < 4.78 is 0. The largest absolute Gasteiger partial charge is 0.366 e. The average Bonchev–Trinajstić information content (AvgIpc) is 2.60. The Kier molecular flexibility index (Phi) is 4.87. The fourth-order valence-electron chi connectivity index (χ4n) is 5.14. The van der Waals surface area contributed by atoms with E-state index in [4.69, 9.17) is 0 Å². The summed E-state index contributed by atoms with van der Waals surface area (Å²) >= 11 is 0. The molecule has 0 aromatic carbocycles. The van der Waals surface area contributed by atoms with Crippen molar-refractivity contribution in [1.82, 2.24) is 19.8 Å². The van der Waals surface area contributed by atoms with Gasteiger partial charge in [-0.1, -0.05) is 20.8 Å². The quantitative estimate of drug-likeness (QED) is 0.814. The predicted octanol–water partition coefficient (Wildman–Crippen LogP) is 2.51. The Bertz CT molecular complexity index is 674. The van der Waals surface area contributed by atoms with Crippen LogP contribution in [0.5, 0.6) is 0 Å². The molecule has 1 aromatic heterocycles. The fraction of sp³-hybridized carbons (Fsp3) is 0.762. The molecule has 2 aliphatic heterocycles. The molecule has 3 heterocycles. The highest BCUT2D eigenvalue weighted by molar-refractivity contribution is 5.77. The summed E-state index contributed by atoms with van der Waals surface area (Å²) in [7, 11) is 0. The van der Waals surface area contributed by atoms with Crippen LogP contribution in [0.25, 0.3) is 0 Å². The molecule has 1 aliphatic carbocycles. The van der Waals surface area contributed by atoms with E-state index >= 15 is 0 Å². The molecule has 0 radical (unpaired) electrons. The number of carbonyl (C=O) groups excluding carboxylic acids is 1. The summed E-state index contributed by atoms with van der Waals surface area (Å²) in [6, 6.07) is 1.24. The van der Waals surface area contributed by atoms with E-state index in [2.05, 4.69) is 40.5 Å². The van der Waals surface area contributed by atoms with Gasteiger partial charge in [0.2, 0.25) is 5.91 Å². The maximum atomic E-state index is 11.8. The Balaban J connectivity index is 1.28. The summed E-state index contributed by atoms with van der Waals surface area (Å²) in [4.78, 5) is 28.0. The Hall–Kier alpha value is -1.69. The van der Waals surface area contributed by atoms with E-state index in [-0.39, 0.29) is 0 Å². The van der Waals surface area contributed by atoms with Crippen molar-refractivity contribution in [3.63, 3.8) is 0 Å². The second-order valence-electron chi connectivity index (χ2n) is 9.15. The van der Waals surface area contributed by atoms with Gasteiger partial charge in [-0.15, -0.1) is 0 Å². The summed E-state index contributed by atoms with van der Waals surface area (Å²) in [6.07, 6.45) is 7.13. The molecule has 6 nitrogen and oxygen atoms in total. The van der Waals surface area contributed by atoms with E-state index in [1.165, 1.54) is 12.8 Å². The van der Waals surface area contributed by atoms with Gasteiger partial charge in [0.05, 0.1) is 18.1 Å². The molecule has 2 saturated heterocycles. The van der Waals surface area contributed by atoms with Crippen LogP contribution in [0.2, 0.25) is 0 Å². The number of rotatable bonds is 4. The second kappa shape index (κ2) is 7.04. The van der Waals surface area contributed by atoms with Gasteiger partial charge in [-0.05, 0) is 19.8 Å². The molecular weight excluding hydrogens is 338 g/mol. The van der Waals surface area contributed by atoms with Crippen molar-refractivity contribution in [3.8, 4) is 0 Å². The van der Waals surface area contributed by atoms with Crippen LogP contribution in [-0.2, 0) is 4.79 Å². The van der Waals surface area contributed by atoms with Crippen molar-refractivity contribution in [2.24, 2.45) is 5.41 Å². The molecular formula is C21H33N5O. The first-order valence-corrected chi connectivity index (χ1v) is 10.5. The highest BCUT2D eigenvalue weighted by Crippen LogP contribution is 2.51. The molecule has 1 aromatic rings. The summed E-state index contributed by atoms with van der Waals surface area (Å²) in [5, 5.41) is 0. The fourth-order valence-corrected chi connectivity index (χ4v) is 5.14. The average molecular weight is 372 g/mol. The normalized spacial score (nSPS) is 25.6. The lowest BCUT2D eigenvalue weighted by atomic mass is 9.60. The molecule has 1 spiro atoms. The molecule has 0 bridgehead atoms. The van der Waals surface area contributed by atoms with E-state index in [1.54, 1.807) is 0 Å². The molecule has 3 fully saturated rings. The van der Waals surface area contributed by atoms with Crippen LogP contribution < -0.4 is 4.90 Å². The Morgan fingerprint density at radius 1 is 1.22 bits per heavy atom. The number of hydrogen-bond acceptors (Lipinski definition) is 5. The lowest BCUT2D eigenvalue weighted by Gasteiger charge is -2.62. The van der Waals surface area contributed by atoms with Gasteiger partial charge in [-0.25, -0.2) is 9.97 Å². The number of hydrogen-bond donors (Lipinski definition) is 0. The molecule has 0 N–H and O–H groups in total. The molecule has 148 valence electrons. The Labute approximate surface area is 162 Å². The lowest BCUT2D eigenvalue weighted by Crippen LogP contribution is -2.69. The van der Waals surface area contributed by atoms with E-state index in [9.17, 15) is 4.79 Å². The summed E-state index contributed by atoms with van der Waals surface area (Å²) in [6.45, 7) is 13.7. The molecule has 1 saturated carbocycles. The van der Waals surface area contributed by atoms with E-state index < -0.39 is 0 Å². The minimum absolute atomic E-state index is 0.316. The zero-order chi connectivity index (χ0) is 19.2.